The van der Waals surface area contributed by atoms with Gasteiger partial charge in [0.15, 0.2) is 10.9 Å². The number of benzene rings is 2. The molecule has 4 aromatic rings. The molecule has 2 aromatic carbocycles. The maximum atomic E-state index is 12.5. The van der Waals surface area contributed by atoms with Crippen molar-refractivity contribution in [3.05, 3.63) is 42.0 Å². The molecule has 0 aliphatic rings. The first-order valence-electron chi connectivity index (χ1n) is 10.3. The van der Waals surface area contributed by atoms with Crippen molar-refractivity contribution < 1.29 is 27.8 Å². The molecular weight excluding hydrogens is 457 g/mol. The van der Waals surface area contributed by atoms with Crippen molar-refractivity contribution in [1.29, 1.82) is 0 Å². The minimum absolute atomic E-state index is 0.0357. The first-order valence-corrected chi connectivity index (χ1v) is 11.1. The lowest BCUT2D eigenvalue weighted by molar-refractivity contribution is -0.274. The molecule has 0 unspecified atom stereocenters. The van der Waals surface area contributed by atoms with Gasteiger partial charge in [0.25, 0.3) is 0 Å². The number of nitrogens with one attached hydrogen (secondary N) is 1. The van der Waals surface area contributed by atoms with Crippen LogP contribution in [0.2, 0.25) is 0 Å². The van der Waals surface area contributed by atoms with Gasteiger partial charge in [-0.1, -0.05) is 17.8 Å². The lowest BCUT2D eigenvalue weighted by atomic mass is 10.0. The highest BCUT2D eigenvalue weighted by molar-refractivity contribution is 7.22. The largest absolute Gasteiger partial charge is 0.573 e. The molecule has 2 aromatic heterocycles. The number of anilines is 2. The summed E-state index contributed by atoms with van der Waals surface area (Å²) in [6.45, 7) is 0.127. The van der Waals surface area contributed by atoms with E-state index in [0.717, 1.165) is 18.4 Å². The molecule has 0 atom stereocenters. The number of aliphatic hydroxyl groups is 1. The van der Waals surface area contributed by atoms with Crippen LogP contribution in [0.5, 0.6) is 5.75 Å². The molecule has 0 saturated carbocycles. The third-order valence-electron chi connectivity index (χ3n) is 5.08. The highest BCUT2D eigenvalue weighted by atomic mass is 32.1. The van der Waals surface area contributed by atoms with Crippen LogP contribution < -0.4 is 10.1 Å². The predicted molar refractivity (Wildman–Crippen MR) is 120 cm³/mol. The molecule has 0 spiro atoms. The fourth-order valence-corrected chi connectivity index (χ4v) is 4.33. The Hall–Kier alpha value is -3.18. The van der Waals surface area contributed by atoms with Gasteiger partial charge in [0, 0.05) is 31.7 Å². The third-order valence-corrected chi connectivity index (χ3v) is 6.01. The number of alkyl halides is 3. The molecule has 2 heterocycles. The van der Waals surface area contributed by atoms with Crippen molar-refractivity contribution >= 4 is 49.4 Å². The maximum Gasteiger partial charge on any atom is 0.573 e. The lowest BCUT2D eigenvalue weighted by Crippen LogP contribution is -2.16. The van der Waals surface area contributed by atoms with Gasteiger partial charge in [0.1, 0.15) is 5.75 Å². The second-order valence-corrected chi connectivity index (χ2v) is 8.51. The standard InChI is InChI=1S/C22H21F3N4O3S/c1-29-17-11-13(18(31)5-3-2-4-10-30)6-8-15(17)26-20(29)28-21-27-16-9-7-14(12-19(16)33-21)32-22(23,24)25/h6-9,11-12,30H,2-5,10H2,1H3,(H,26,27,28). The third kappa shape index (κ3) is 5.42. The number of aliphatic hydroxyl groups excluding tert-OH is 1. The van der Waals surface area contributed by atoms with Crippen molar-refractivity contribution in [2.45, 2.75) is 32.0 Å². The number of rotatable bonds is 9. The zero-order chi connectivity index (χ0) is 23.6. The van der Waals surface area contributed by atoms with Gasteiger partial charge in [-0.05, 0) is 43.2 Å². The van der Waals surface area contributed by atoms with Gasteiger partial charge in [0.05, 0.1) is 21.3 Å². The normalized spacial score (nSPS) is 11.9. The van der Waals surface area contributed by atoms with Crippen LogP contribution in [0.1, 0.15) is 36.0 Å². The Morgan fingerprint density at radius 1 is 1.12 bits per heavy atom. The summed E-state index contributed by atoms with van der Waals surface area (Å²) in [4.78, 5) is 21.4. The van der Waals surface area contributed by atoms with Gasteiger partial charge < -0.3 is 19.7 Å². The quantitative estimate of drug-likeness (QED) is 0.242. The summed E-state index contributed by atoms with van der Waals surface area (Å²) in [5, 5.41) is 12.4. The summed E-state index contributed by atoms with van der Waals surface area (Å²) >= 11 is 1.18. The van der Waals surface area contributed by atoms with Crippen LogP contribution in [0.15, 0.2) is 36.4 Å². The van der Waals surface area contributed by atoms with Crippen LogP contribution in [0, 0.1) is 0 Å². The van der Waals surface area contributed by atoms with Crippen molar-refractivity contribution in [2.75, 3.05) is 11.9 Å². The molecule has 33 heavy (non-hydrogen) atoms. The molecule has 0 radical (unpaired) electrons. The van der Waals surface area contributed by atoms with Gasteiger partial charge in [-0.3, -0.25) is 4.79 Å². The fraction of sp³-hybridized carbons (Fsp3) is 0.318. The number of Topliss-reactive ketones (excluding diaryl/α,β-unsaturated/α-hetero) is 1. The molecule has 0 amide bonds. The van der Waals surface area contributed by atoms with E-state index in [1.165, 1.54) is 29.5 Å². The van der Waals surface area contributed by atoms with Crippen LogP contribution in [0.3, 0.4) is 0 Å². The maximum absolute atomic E-state index is 12.5. The number of fused-ring (bicyclic) bond motifs is 2. The Kier molecular flexibility index (Phi) is 6.52. The van der Waals surface area contributed by atoms with Crippen LogP contribution >= 0.6 is 11.3 Å². The van der Waals surface area contributed by atoms with Gasteiger partial charge in [-0.15, -0.1) is 13.2 Å². The van der Waals surface area contributed by atoms with Crippen molar-refractivity contribution in [3.8, 4) is 5.75 Å². The monoisotopic (exact) mass is 478 g/mol. The Balaban J connectivity index is 1.53. The van der Waals surface area contributed by atoms with Crippen LogP contribution in [-0.2, 0) is 7.05 Å². The topological polar surface area (TPSA) is 89.3 Å². The van der Waals surface area contributed by atoms with Gasteiger partial charge in [-0.2, -0.15) is 0 Å². The molecule has 0 fully saturated rings. The van der Waals surface area contributed by atoms with E-state index < -0.39 is 6.36 Å². The number of aromatic nitrogens is 3. The lowest BCUT2D eigenvalue weighted by Gasteiger charge is -2.07. The summed E-state index contributed by atoms with van der Waals surface area (Å²) in [6.07, 6.45) is -2.13. The smallest absolute Gasteiger partial charge is 0.406 e. The van der Waals surface area contributed by atoms with Gasteiger partial charge in [0.2, 0.25) is 5.95 Å². The number of thiazole rings is 1. The number of aryl methyl sites for hydroxylation is 1. The van der Waals surface area contributed by atoms with E-state index in [1.54, 1.807) is 29.8 Å². The number of imidazole rings is 1. The summed E-state index contributed by atoms with van der Waals surface area (Å²) in [6, 6.07) is 9.29. The van der Waals surface area contributed by atoms with Crippen molar-refractivity contribution in [1.82, 2.24) is 14.5 Å². The van der Waals surface area contributed by atoms with Gasteiger partial charge >= 0.3 is 6.36 Å². The number of ether oxygens (including phenoxy) is 1. The Morgan fingerprint density at radius 2 is 1.91 bits per heavy atom. The SMILES string of the molecule is Cn1c(Nc2nc3ccc(OC(F)(F)F)cc3s2)nc2ccc(C(=O)CCCCCO)cc21. The average Bonchev–Trinajstić information content (AvgIpc) is 3.29. The zero-order valence-corrected chi connectivity index (χ0v) is 18.5. The van der Waals surface area contributed by atoms with Gasteiger partial charge in [-0.25, -0.2) is 9.97 Å². The molecule has 174 valence electrons. The molecule has 0 bridgehead atoms. The zero-order valence-electron chi connectivity index (χ0n) is 17.6. The van der Waals surface area contributed by atoms with E-state index in [4.69, 9.17) is 5.11 Å². The Bertz CT molecular complexity index is 1300. The van der Waals surface area contributed by atoms with Crippen LogP contribution in [0.25, 0.3) is 21.3 Å². The minimum atomic E-state index is -4.76. The average molecular weight is 478 g/mol. The highest BCUT2D eigenvalue weighted by Gasteiger charge is 2.31. The summed E-state index contributed by atoms with van der Waals surface area (Å²) in [5.74, 6) is 0.221. The number of hydrogen-bond acceptors (Lipinski definition) is 7. The minimum Gasteiger partial charge on any atom is -0.406 e. The highest BCUT2D eigenvalue weighted by Crippen LogP contribution is 2.33. The fourth-order valence-electron chi connectivity index (χ4n) is 3.44. The molecular formula is C22H21F3N4O3S. The van der Waals surface area contributed by atoms with Crippen LogP contribution in [-0.4, -0.2) is 38.4 Å². The summed E-state index contributed by atoms with van der Waals surface area (Å²) in [7, 11) is 1.80. The number of ketones is 1. The molecule has 11 heteroatoms. The molecule has 2 N–H and O–H groups in total. The van der Waals surface area contributed by atoms with Crippen LogP contribution in [0.4, 0.5) is 24.3 Å². The number of unbranched alkanes of at least 4 members (excludes halogenated alkanes) is 2. The number of hydrogen-bond donors (Lipinski definition) is 2. The van der Waals surface area contributed by atoms with E-state index in [9.17, 15) is 18.0 Å². The number of carbonyl (C=O) groups is 1. The number of halogens is 3. The summed E-state index contributed by atoms with van der Waals surface area (Å²) in [5.41, 5.74) is 2.59. The molecule has 0 saturated heterocycles. The molecule has 0 aliphatic heterocycles. The van der Waals surface area contributed by atoms with Crippen molar-refractivity contribution in [3.63, 3.8) is 0 Å². The second-order valence-electron chi connectivity index (χ2n) is 7.48. The predicted octanol–water partition coefficient (Wildman–Crippen LogP) is 5.56. The molecule has 0 aliphatic carbocycles. The number of nitrogens with zero attached hydrogens (tertiary/aromatic N) is 3. The van der Waals surface area contributed by atoms with Crippen molar-refractivity contribution in [2.24, 2.45) is 7.05 Å². The Morgan fingerprint density at radius 3 is 2.67 bits per heavy atom. The number of carbonyl (C=O) groups excluding carboxylic acids is 1. The first kappa shape index (κ1) is 23.0. The Labute approximate surface area is 190 Å². The van der Waals surface area contributed by atoms with E-state index in [2.05, 4.69) is 20.0 Å². The second kappa shape index (κ2) is 9.36. The van der Waals surface area contributed by atoms with E-state index >= 15 is 0 Å². The molecule has 4 rings (SSSR count). The van der Waals surface area contributed by atoms with E-state index in [0.29, 0.717) is 45.2 Å². The first-order chi connectivity index (χ1) is 15.7. The molecule has 7 nitrogen and oxygen atoms in total. The summed E-state index contributed by atoms with van der Waals surface area (Å²) < 4.78 is 43.7. The van der Waals surface area contributed by atoms with E-state index in [1.807, 2.05) is 0 Å². The van der Waals surface area contributed by atoms with E-state index in [-0.39, 0.29) is 18.1 Å².